The third-order valence-corrected chi connectivity index (χ3v) is 4.44. The van der Waals surface area contributed by atoms with Crippen molar-refractivity contribution in [3.8, 4) is 0 Å². The van der Waals surface area contributed by atoms with Crippen LogP contribution in [0.2, 0.25) is 0 Å². The van der Waals surface area contributed by atoms with E-state index in [0.717, 1.165) is 11.3 Å². The lowest BCUT2D eigenvalue weighted by molar-refractivity contribution is -0.138. The van der Waals surface area contributed by atoms with Crippen LogP contribution in [0.4, 0.5) is 0 Å². The average molecular weight is 277 g/mol. The Balaban J connectivity index is 1.87. The molecule has 0 aromatic heterocycles. The maximum absolute atomic E-state index is 10.7. The van der Waals surface area contributed by atoms with E-state index in [2.05, 4.69) is 6.92 Å². The lowest BCUT2D eigenvalue weighted by atomic mass is 10.1. The molecule has 19 heavy (non-hydrogen) atoms. The number of allylic oxidation sites excluding steroid dienone is 1. The van der Waals surface area contributed by atoms with Crippen LogP contribution in [0, 0.1) is 0 Å². The fourth-order valence-corrected chi connectivity index (χ4v) is 2.76. The Morgan fingerprint density at radius 1 is 1.37 bits per heavy atom. The number of benzene rings is 1. The van der Waals surface area contributed by atoms with Gasteiger partial charge in [0.1, 0.15) is 6.04 Å². The first-order valence-corrected chi connectivity index (χ1v) is 7.42. The van der Waals surface area contributed by atoms with Gasteiger partial charge >= 0.3 is 5.97 Å². The van der Waals surface area contributed by atoms with Crippen molar-refractivity contribution in [2.75, 3.05) is 5.75 Å². The Bertz CT molecular complexity index is 487. The second-order valence-corrected chi connectivity index (χ2v) is 6.01. The summed E-state index contributed by atoms with van der Waals surface area (Å²) < 4.78 is 0. The Morgan fingerprint density at radius 3 is 2.53 bits per heavy atom. The van der Waals surface area contributed by atoms with Crippen LogP contribution in [0.1, 0.15) is 25.3 Å². The van der Waals surface area contributed by atoms with Gasteiger partial charge in [-0.1, -0.05) is 23.3 Å². The van der Waals surface area contributed by atoms with Gasteiger partial charge in [0.15, 0.2) is 0 Å². The van der Waals surface area contributed by atoms with E-state index in [1.54, 1.807) is 5.57 Å². The van der Waals surface area contributed by atoms with Gasteiger partial charge < -0.3 is 10.8 Å². The van der Waals surface area contributed by atoms with Crippen LogP contribution in [-0.4, -0.2) is 22.9 Å². The van der Waals surface area contributed by atoms with E-state index < -0.39 is 12.0 Å². The number of hydrogen-bond acceptors (Lipinski definition) is 3. The molecule has 0 saturated heterocycles. The van der Waals surface area contributed by atoms with Gasteiger partial charge in [0.05, 0.1) is 0 Å². The van der Waals surface area contributed by atoms with Crippen molar-refractivity contribution in [2.45, 2.75) is 37.1 Å². The van der Waals surface area contributed by atoms with Crippen LogP contribution in [0.3, 0.4) is 0 Å². The van der Waals surface area contributed by atoms with E-state index >= 15 is 0 Å². The fourth-order valence-electron chi connectivity index (χ4n) is 1.85. The molecule has 102 valence electrons. The van der Waals surface area contributed by atoms with E-state index in [0.29, 0.717) is 6.42 Å². The highest BCUT2D eigenvalue weighted by Gasteiger charge is 2.14. The van der Waals surface area contributed by atoms with Crippen molar-refractivity contribution < 1.29 is 9.90 Å². The van der Waals surface area contributed by atoms with Gasteiger partial charge in [-0.25, -0.2) is 0 Å². The largest absolute Gasteiger partial charge is 0.480 e. The van der Waals surface area contributed by atoms with E-state index in [1.807, 2.05) is 36.0 Å². The molecular weight excluding hydrogens is 258 g/mol. The molecule has 0 amide bonds. The number of nitrogens with two attached hydrogens (primary N) is 1. The van der Waals surface area contributed by atoms with Crippen molar-refractivity contribution in [3.63, 3.8) is 0 Å². The topological polar surface area (TPSA) is 63.3 Å². The molecule has 1 saturated carbocycles. The van der Waals surface area contributed by atoms with Crippen molar-refractivity contribution in [2.24, 2.45) is 5.73 Å². The molecule has 0 radical (unpaired) electrons. The molecule has 3 nitrogen and oxygen atoms in total. The highest BCUT2D eigenvalue weighted by molar-refractivity contribution is 7.99. The van der Waals surface area contributed by atoms with Crippen LogP contribution in [0.25, 0.3) is 0 Å². The van der Waals surface area contributed by atoms with Gasteiger partial charge in [0.2, 0.25) is 0 Å². The predicted molar refractivity (Wildman–Crippen MR) is 78.4 cm³/mol. The number of carbonyl (C=O) groups is 1. The fraction of sp³-hybridized carbons (Fsp3) is 0.400. The monoisotopic (exact) mass is 277 g/mol. The van der Waals surface area contributed by atoms with Gasteiger partial charge in [-0.3, -0.25) is 4.79 Å². The van der Waals surface area contributed by atoms with Crippen LogP contribution in [0.15, 0.2) is 40.3 Å². The summed E-state index contributed by atoms with van der Waals surface area (Å²) in [6.07, 6.45) is 2.93. The van der Waals surface area contributed by atoms with E-state index in [1.165, 1.54) is 23.3 Å². The van der Waals surface area contributed by atoms with Crippen molar-refractivity contribution in [1.82, 2.24) is 0 Å². The van der Waals surface area contributed by atoms with Gasteiger partial charge in [-0.2, -0.15) is 0 Å². The summed E-state index contributed by atoms with van der Waals surface area (Å²) in [4.78, 5) is 11.9. The molecule has 0 bridgehead atoms. The minimum Gasteiger partial charge on any atom is -0.480 e. The zero-order valence-electron chi connectivity index (χ0n) is 11.1. The first-order chi connectivity index (χ1) is 9.06. The van der Waals surface area contributed by atoms with Crippen LogP contribution in [-0.2, 0) is 11.2 Å². The Kier molecular flexibility index (Phi) is 4.66. The Hall–Kier alpha value is -1.26. The summed E-state index contributed by atoms with van der Waals surface area (Å²) >= 11 is 1.83. The van der Waals surface area contributed by atoms with E-state index in [4.69, 9.17) is 10.8 Å². The SMILES string of the molecule is CC(CSc1ccc(CC(N)C(=O)O)cc1)=C1CC1. The average Bonchev–Trinajstić information content (AvgIpc) is 3.21. The number of carboxylic acids is 1. The molecule has 1 atom stereocenters. The quantitative estimate of drug-likeness (QED) is 0.620. The van der Waals surface area contributed by atoms with Gasteiger partial charge in [-0.15, -0.1) is 11.8 Å². The number of hydrogen-bond donors (Lipinski definition) is 2. The molecular formula is C15H19NO2S. The van der Waals surface area contributed by atoms with Crippen LogP contribution in [0.5, 0.6) is 0 Å². The maximum Gasteiger partial charge on any atom is 0.320 e. The van der Waals surface area contributed by atoms with Gasteiger partial charge in [0.25, 0.3) is 0 Å². The zero-order valence-corrected chi connectivity index (χ0v) is 11.9. The molecule has 0 heterocycles. The minimum absolute atomic E-state index is 0.378. The second kappa shape index (κ2) is 6.26. The summed E-state index contributed by atoms with van der Waals surface area (Å²) in [5, 5.41) is 8.77. The standard InChI is InChI=1S/C15H19NO2S/c1-10(12-4-5-12)9-19-13-6-2-11(3-7-13)8-14(16)15(17)18/h2-3,6-7,14H,4-5,8-9,16H2,1H3,(H,17,18). The van der Waals surface area contributed by atoms with Crippen LogP contribution < -0.4 is 5.73 Å². The van der Waals surface area contributed by atoms with Crippen molar-refractivity contribution >= 4 is 17.7 Å². The second-order valence-electron chi connectivity index (χ2n) is 4.97. The highest BCUT2D eigenvalue weighted by Crippen LogP contribution is 2.33. The summed E-state index contributed by atoms with van der Waals surface area (Å²) in [7, 11) is 0. The number of aliphatic carboxylic acids is 1. The third kappa shape index (κ3) is 4.40. The molecule has 1 aromatic carbocycles. The van der Waals surface area contributed by atoms with E-state index in [9.17, 15) is 4.79 Å². The number of thioether (sulfide) groups is 1. The normalized spacial score (nSPS) is 15.2. The Morgan fingerprint density at radius 2 is 2.00 bits per heavy atom. The molecule has 0 spiro atoms. The smallest absolute Gasteiger partial charge is 0.320 e. The molecule has 0 aliphatic heterocycles. The van der Waals surface area contributed by atoms with Crippen molar-refractivity contribution in [1.29, 1.82) is 0 Å². The summed E-state index contributed by atoms with van der Waals surface area (Å²) in [6.45, 7) is 2.20. The molecule has 1 aliphatic rings. The zero-order chi connectivity index (χ0) is 13.8. The lowest BCUT2D eigenvalue weighted by Gasteiger charge is -2.07. The van der Waals surface area contributed by atoms with Crippen molar-refractivity contribution in [3.05, 3.63) is 41.0 Å². The first kappa shape index (κ1) is 14.2. The van der Waals surface area contributed by atoms with E-state index in [-0.39, 0.29) is 0 Å². The van der Waals surface area contributed by atoms with Crippen LogP contribution >= 0.6 is 11.8 Å². The molecule has 1 unspecified atom stereocenters. The minimum atomic E-state index is -0.954. The Labute approximate surface area is 117 Å². The summed E-state index contributed by atoms with van der Waals surface area (Å²) in [5.41, 5.74) is 9.59. The predicted octanol–water partition coefficient (Wildman–Crippen LogP) is 2.84. The molecule has 4 heteroatoms. The number of rotatable bonds is 6. The van der Waals surface area contributed by atoms with Gasteiger partial charge in [-0.05, 0) is 43.9 Å². The molecule has 3 N–H and O–H groups in total. The molecule has 2 rings (SSSR count). The van der Waals surface area contributed by atoms with Gasteiger partial charge in [0, 0.05) is 10.6 Å². The summed E-state index contributed by atoms with van der Waals surface area (Å²) in [5.74, 6) is 0.0914. The molecule has 1 fully saturated rings. The summed E-state index contributed by atoms with van der Waals surface area (Å²) in [6, 6.07) is 7.19. The lowest BCUT2D eigenvalue weighted by Crippen LogP contribution is -2.32. The molecule has 1 aromatic rings. The number of carboxylic acid groups (broad SMARTS) is 1. The maximum atomic E-state index is 10.7. The molecule has 1 aliphatic carbocycles. The first-order valence-electron chi connectivity index (χ1n) is 6.44. The third-order valence-electron chi connectivity index (χ3n) is 3.26. The highest BCUT2D eigenvalue weighted by atomic mass is 32.2.